The number of benzene rings is 1. The number of hydrogen-bond acceptors (Lipinski definition) is 5. The first-order chi connectivity index (χ1) is 11.7. The zero-order valence-electron chi connectivity index (χ0n) is 12.5. The van der Waals surface area contributed by atoms with E-state index in [0.717, 1.165) is 5.56 Å². The first-order valence-electron chi connectivity index (χ1n) is 7.36. The van der Waals surface area contributed by atoms with Crippen molar-refractivity contribution in [3.05, 3.63) is 53.4 Å². The molecule has 24 heavy (non-hydrogen) atoms. The van der Waals surface area contributed by atoms with E-state index >= 15 is 0 Å². The third kappa shape index (κ3) is 2.88. The Morgan fingerprint density at radius 3 is 2.83 bits per heavy atom. The number of thiazole rings is 1. The van der Waals surface area contributed by atoms with Gasteiger partial charge < -0.3 is 9.64 Å². The van der Waals surface area contributed by atoms with E-state index in [1.807, 2.05) is 5.38 Å². The average Bonchev–Trinajstić information content (AvgIpc) is 3.22. The monoisotopic (exact) mass is 344 g/mol. The van der Waals surface area contributed by atoms with E-state index in [-0.39, 0.29) is 17.8 Å². The Labute approximate surface area is 140 Å². The van der Waals surface area contributed by atoms with Gasteiger partial charge in [0.05, 0.1) is 18.8 Å². The molecule has 0 radical (unpaired) electrons. The lowest BCUT2D eigenvalue weighted by Crippen LogP contribution is -2.56. The van der Waals surface area contributed by atoms with Crippen molar-refractivity contribution in [1.29, 1.82) is 0 Å². The number of carbonyl (C=O) groups is 1. The number of nitrogens with one attached hydrogen (secondary N) is 1. The van der Waals surface area contributed by atoms with Crippen LogP contribution in [-0.2, 0) is 0 Å². The summed E-state index contributed by atoms with van der Waals surface area (Å²) < 4.78 is 18.6. The Kier molecular flexibility index (Phi) is 3.73. The van der Waals surface area contributed by atoms with Crippen molar-refractivity contribution in [3.63, 3.8) is 0 Å². The third-order valence-corrected chi connectivity index (χ3v) is 4.42. The van der Waals surface area contributed by atoms with E-state index in [0.29, 0.717) is 29.7 Å². The van der Waals surface area contributed by atoms with Crippen molar-refractivity contribution in [2.45, 2.75) is 6.10 Å². The van der Waals surface area contributed by atoms with Crippen LogP contribution in [0.4, 0.5) is 4.39 Å². The van der Waals surface area contributed by atoms with E-state index in [1.165, 1.54) is 23.5 Å². The Bertz CT molecular complexity index is 841. The van der Waals surface area contributed by atoms with Gasteiger partial charge in [-0.05, 0) is 30.3 Å². The molecule has 1 aromatic carbocycles. The summed E-state index contributed by atoms with van der Waals surface area (Å²) in [6.07, 6.45) is 1.66. The van der Waals surface area contributed by atoms with E-state index in [9.17, 15) is 9.18 Å². The number of hydrogen-bond donors (Lipinski definition) is 1. The number of nitrogens with zero attached hydrogens (tertiary/aromatic N) is 3. The average molecular weight is 344 g/mol. The summed E-state index contributed by atoms with van der Waals surface area (Å²) in [4.78, 5) is 18.1. The van der Waals surface area contributed by atoms with Crippen molar-refractivity contribution in [2.75, 3.05) is 13.1 Å². The number of aromatic nitrogens is 3. The summed E-state index contributed by atoms with van der Waals surface area (Å²) in [5.74, 6) is -0.438. The highest BCUT2D eigenvalue weighted by atomic mass is 32.1. The molecule has 1 N–H and O–H groups in total. The SMILES string of the molecule is O=C(c1cc(-c2ccc(F)cc2)n[nH]1)N1CC(Oc2nccs2)C1. The summed E-state index contributed by atoms with van der Waals surface area (Å²) in [5, 5.41) is 9.33. The zero-order chi connectivity index (χ0) is 16.5. The van der Waals surface area contributed by atoms with E-state index in [2.05, 4.69) is 15.2 Å². The Balaban J connectivity index is 1.38. The lowest BCUT2D eigenvalue weighted by molar-refractivity contribution is 0.0172. The van der Waals surface area contributed by atoms with Gasteiger partial charge in [-0.2, -0.15) is 5.10 Å². The Hall–Kier alpha value is -2.74. The summed E-state index contributed by atoms with van der Waals surface area (Å²) in [6, 6.07) is 7.65. The van der Waals surface area contributed by atoms with E-state index in [1.54, 1.807) is 29.3 Å². The number of halogens is 1. The van der Waals surface area contributed by atoms with Gasteiger partial charge in [0.2, 0.25) is 0 Å². The number of amides is 1. The lowest BCUT2D eigenvalue weighted by Gasteiger charge is -2.37. The first kappa shape index (κ1) is 14.8. The second kappa shape index (κ2) is 6.04. The molecule has 4 rings (SSSR count). The molecule has 0 spiro atoms. The minimum Gasteiger partial charge on any atom is -0.463 e. The highest BCUT2D eigenvalue weighted by molar-refractivity contribution is 7.11. The molecule has 1 aliphatic rings. The second-order valence-electron chi connectivity index (χ2n) is 5.42. The van der Waals surface area contributed by atoms with Gasteiger partial charge in [-0.1, -0.05) is 11.3 Å². The largest absolute Gasteiger partial charge is 0.463 e. The van der Waals surface area contributed by atoms with Gasteiger partial charge in [0.15, 0.2) is 0 Å². The maximum Gasteiger partial charge on any atom is 0.273 e. The Morgan fingerprint density at radius 2 is 2.12 bits per heavy atom. The van der Waals surface area contributed by atoms with Crippen molar-refractivity contribution in [2.24, 2.45) is 0 Å². The highest BCUT2D eigenvalue weighted by Gasteiger charge is 2.34. The Morgan fingerprint density at radius 1 is 1.33 bits per heavy atom. The van der Waals surface area contributed by atoms with Gasteiger partial charge in [-0.15, -0.1) is 0 Å². The standard InChI is InChI=1S/C16H13FN4O2S/c17-11-3-1-10(2-4-11)13-7-14(20-19-13)15(22)21-8-12(9-21)23-16-18-5-6-24-16/h1-7,12H,8-9H2,(H,19,20). The molecule has 1 saturated heterocycles. The van der Waals surface area contributed by atoms with Crippen molar-refractivity contribution in [3.8, 4) is 16.5 Å². The molecule has 0 saturated carbocycles. The van der Waals surface area contributed by atoms with Crippen LogP contribution in [0.3, 0.4) is 0 Å². The summed E-state index contributed by atoms with van der Waals surface area (Å²) >= 11 is 1.43. The first-order valence-corrected chi connectivity index (χ1v) is 8.24. The second-order valence-corrected chi connectivity index (χ2v) is 6.28. The molecule has 1 aliphatic heterocycles. The fraction of sp³-hybridized carbons (Fsp3) is 0.188. The van der Waals surface area contributed by atoms with Crippen LogP contribution in [0.1, 0.15) is 10.5 Å². The zero-order valence-corrected chi connectivity index (χ0v) is 13.3. The van der Waals surface area contributed by atoms with Crippen molar-refractivity contribution in [1.82, 2.24) is 20.1 Å². The molecule has 1 fully saturated rings. The van der Waals surface area contributed by atoms with Crippen LogP contribution in [-0.4, -0.2) is 45.2 Å². The van der Waals surface area contributed by atoms with Crippen molar-refractivity contribution >= 4 is 17.2 Å². The molecule has 0 bridgehead atoms. The fourth-order valence-corrected chi connectivity index (χ4v) is 3.01. The summed E-state index contributed by atoms with van der Waals surface area (Å²) in [5.41, 5.74) is 1.76. The molecule has 0 aliphatic carbocycles. The number of rotatable bonds is 4. The molecule has 1 amide bonds. The van der Waals surface area contributed by atoms with Crippen LogP contribution in [0.25, 0.3) is 11.3 Å². The number of carbonyl (C=O) groups excluding carboxylic acids is 1. The third-order valence-electron chi connectivity index (χ3n) is 3.76. The maximum atomic E-state index is 13.0. The molecule has 0 unspecified atom stereocenters. The molecule has 8 heteroatoms. The number of ether oxygens (including phenoxy) is 1. The molecule has 6 nitrogen and oxygen atoms in total. The van der Waals surface area contributed by atoms with Gasteiger partial charge in [0.1, 0.15) is 17.6 Å². The van der Waals surface area contributed by atoms with Crippen molar-refractivity contribution < 1.29 is 13.9 Å². The van der Waals surface area contributed by atoms with E-state index < -0.39 is 0 Å². The highest BCUT2D eigenvalue weighted by Crippen LogP contribution is 2.23. The number of likely N-dealkylation sites (tertiary alicyclic amines) is 1. The maximum absolute atomic E-state index is 13.0. The van der Waals surface area contributed by atoms with Crippen LogP contribution < -0.4 is 4.74 Å². The molecular weight excluding hydrogens is 331 g/mol. The number of aromatic amines is 1. The van der Waals surface area contributed by atoms with E-state index in [4.69, 9.17) is 4.74 Å². The molecule has 2 aromatic heterocycles. The van der Waals surface area contributed by atoms with Crippen LogP contribution >= 0.6 is 11.3 Å². The molecule has 0 atom stereocenters. The minimum absolute atomic E-state index is 0.0282. The summed E-state index contributed by atoms with van der Waals surface area (Å²) in [6.45, 7) is 1.03. The van der Waals surface area contributed by atoms with Crippen LogP contribution in [0.2, 0.25) is 0 Å². The van der Waals surface area contributed by atoms with Gasteiger partial charge in [0.25, 0.3) is 11.1 Å². The van der Waals surface area contributed by atoms with Gasteiger partial charge in [-0.3, -0.25) is 9.89 Å². The topological polar surface area (TPSA) is 71.1 Å². The van der Waals surface area contributed by atoms with Gasteiger partial charge in [0, 0.05) is 17.1 Å². The number of H-pyrrole nitrogens is 1. The van der Waals surface area contributed by atoms with Gasteiger partial charge >= 0.3 is 0 Å². The van der Waals surface area contributed by atoms with Crippen LogP contribution in [0.5, 0.6) is 5.19 Å². The molecule has 122 valence electrons. The fourth-order valence-electron chi connectivity index (χ4n) is 2.46. The predicted octanol–water partition coefficient (Wildman–Crippen LogP) is 2.58. The molecule has 3 aromatic rings. The predicted molar refractivity (Wildman–Crippen MR) is 86.4 cm³/mol. The normalized spacial score (nSPS) is 14.5. The molecular formula is C16H13FN4O2S. The smallest absolute Gasteiger partial charge is 0.273 e. The molecule has 3 heterocycles. The van der Waals surface area contributed by atoms with Gasteiger partial charge in [-0.25, -0.2) is 9.37 Å². The van der Waals surface area contributed by atoms with Crippen LogP contribution in [0.15, 0.2) is 41.9 Å². The summed E-state index contributed by atoms with van der Waals surface area (Å²) in [7, 11) is 0. The van der Waals surface area contributed by atoms with Crippen LogP contribution in [0, 0.1) is 5.82 Å². The lowest BCUT2D eigenvalue weighted by atomic mass is 10.1. The minimum atomic E-state index is -0.308. The quantitative estimate of drug-likeness (QED) is 0.790.